The van der Waals surface area contributed by atoms with E-state index in [1.165, 1.54) is 23.5 Å². The van der Waals surface area contributed by atoms with Crippen molar-refractivity contribution in [1.82, 2.24) is 5.32 Å². The van der Waals surface area contributed by atoms with Crippen molar-refractivity contribution in [1.29, 1.82) is 0 Å². The predicted octanol–water partition coefficient (Wildman–Crippen LogP) is 4.43. The number of carbonyl (C=O) groups is 1. The number of hydrogen-bond acceptors (Lipinski definition) is 2. The zero-order chi connectivity index (χ0) is 14.5. The molecule has 1 atom stereocenters. The summed E-state index contributed by atoms with van der Waals surface area (Å²) in [6.45, 7) is 2.72. The summed E-state index contributed by atoms with van der Waals surface area (Å²) in [4.78, 5) is 12.7. The van der Waals surface area contributed by atoms with Crippen LogP contribution in [0.25, 0.3) is 10.1 Å². The van der Waals surface area contributed by atoms with Crippen LogP contribution in [-0.4, -0.2) is 18.3 Å². The zero-order valence-electron chi connectivity index (χ0n) is 11.3. The maximum atomic E-state index is 13.1. The van der Waals surface area contributed by atoms with Gasteiger partial charge in [-0.05, 0) is 35.9 Å². The van der Waals surface area contributed by atoms with Gasteiger partial charge >= 0.3 is 0 Å². The summed E-state index contributed by atoms with van der Waals surface area (Å²) in [6, 6.07) is 6.36. The molecular formula is C15H17ClFNOS. The van der Waals surface area contributed by atoms with Gasteiger partial charge in [0.05, 0.1) is 4.88 Å². The minimum absolute atomic E-state index is 0.0976. The zero-order valence-corrected chi connectivity index (χ0v) is 12.9. The van der Waals surface area contributed by atoms with E-state index < -0.39 is 0 Å². The highest BCUT2D eigenvalue weighted by Crippen LogP contribution is 2.26. The third-order valence-corrected chi connectivity index (χ3v) is 4.67. The van der Waals surface area contributed by atoms with E-state index in [1.807, 2.05) is 0 Å². The number of carbonyl (C=O) groups excluding carboxylic acids is 1. The first-order valence-electron chi connectivity index (χ1n) is 6.67. The van der Waals surface area contributed by atoms with Gasteiger partial charge in [-0.2, -0.15) is 0 Å². The molecule has 2 aromatic rings. The monoisotopic (exact) mass is 313 g/mol. The molecule has 0 fully saturated rings. The Morgan fingerprint density at radius 3 is 2.95 bits per heavy atom. The Balaban J connectivity index is 2.03. The Bertz CT molecular complexity index is 599. The van der Waals surface area contributed by atoms with E-state index in [0.29, 0.717) is 23.2 Å². The molecule has 5 heteroatoms. The first kappa shape index (κ1) is 15.3. The third kappa shape index (κ3) is 3.70. The highest BCUT2D eigenvalue weighted by Gasteiger charge is 2.12. The Kier molecular flexibility index (Phi) is 5.38. The van der Waals surface area contributed by atoms with Gasteiger partial charge in [0.15, 0.2) is 0 Å². The molecule has 1 amide bonds. The maximum absolute atomic E-state index is 13.1. The average molecular weight is 314 g/mol. The molecule has 20 heavy (non-hydrogen) atoms. The second-order valence-electron chi connectivity index (χ2n) is 4.75. The number of halogens is 2. The van der Waals surface area contributed by atoms with Crippen molar-refractivity contribution in [2.45, 2.75) is 19.8 Å². The van der Waals surface area contributed by atoms with Crippen LogP contribution in [0.15, 0.2) is 24.3 Å². The van der Waals surface area contributed by atoms with Gasteiger partial charge in [0.1, 0.15) is 5.82 Å². The summed E-state index contributed by atoms with van der Waals surface area (Å²) in [5.41, 5.74) is 0. The molecule has 1 N–H and O–H groups in total. The van der Waals surface area contributed by atoms with Crippen LogP contribution in [-0.2, 0) is 0 Å². The molecule has 0 saturated carbocycles. The highest BCUT2D eigenvalue weighted by atomic mass is 35.5. The molecule has 1 aromatic heterocycles. The standard InChI is InChI=1S/C15H17ClFNOS/c1-2-10(5-6-16)9-18-15(19)14-7-11-3-4-12(17)8-13(11)20-14/h3-4,7-8,10H,2,5-6,9H2,1H3,(H,18,19). The molecule has 0 radical (unpaired) electrons. The molecule has 0 aliphatic heterocycles. The van der Waals surface area contributed by atoms with Crippen LogP contribution in [0.3, 0.4) is 0 Å². The van der Waals surface area contributed by atoms with E-state index in [1.54, 1.807) is 12.1 Å². The van der Waals surface area contributed by atoms with Crippen LogP contribution in [0.1, 0.15) is 29.4 Å². The number of hydrogen-bond donors (Lipinski definition) is 1. The second-order valence-corrected chi connectivity index (χ2v) is 6.22. The molecule has 1 aromatic carbocycles. The fourth-order valence-electron chi connectivity index (χ4n) is 2.05. The first-order valence-corrected chi connectivity index (χ1v) is 8.02. The average Bonchev–Trinajstić information content (AvgIpc) is 2.86. The van der Waals surface area contributed by atoms with E-state index in [-0.39, 0.29) is 11.7 Å². The van der Waals surface area contributed by atoms with Crippen molar-refractivity contribution in [3.8, 4) is 0 Å². The molecule has 0 aliphatic rings. The smallest absolute Gasteiger partial charge is 0.261 e. The largest absolute Gasteiger partial charge is 0.351 e. The molecular weight excluding hydrogens is 297 g/mol. The SMILES string of the molecule is CCC(CCCl)CNC(=O)c1cc2ccc(F)cc2s1. The summed E-state index contributed by atoms with van der Waals surface area (Å²) >= 11 is 7.04. The van der Waals surface area contributed by atoms with Gasteiger partial charge in [0.25, 0.3) is 5.91 Å². The maximum Gasteiger partial charge on any atom is 0.261 e. The lowest BCUT2D eigenvalue weighted by Crippen LogP contribution is -2.28. The van der Waals surface area contributed by atoms with Crippen LogP contribution in [0.4, 0.5) is 4.39 Å². The van der Waals surface area contributed by atoms with Crippen LogP contribution in [0, 0.1) is 11.7 Å². The van der Waals surface area contributed by atoms with Crippen molar-refractivity contribution in [3.05, 3.63) is 35.0 Å². The Morgan fingerprint density at radius 2 is 2.25 bits per heavy atom. The van der Waals surface area contributed by atoms with Crippen LogP contribution in [0.2, 0.25) is 0 Å². The summed E-state index contributed by atoms with van der Waals surface area (Å²) in [5.74, 6) is 0.638. The fourth-order valence-corrected chi connectivity index (χ4v) is 3.36. The lowest BCUT2D eigenvalue weighted by atomic mass is 10.0. The normalized spacial score (nSPS) is 12.6. The lowest BCUT2D eigenvalue weighted by molar-refractivity contribution is 0.0950. The molecule has 0 saturated heterocycles. The quantitative estimate of drug-likeness (QED) is 0.786. The van der Waals surface area contributed by atoms with E-state index in [0.717, 1.165) is 22.9 Å². The number of rotatable bonds is 6. The van der Waals surface area contributed by atoms with E-state index >= 15 is 0 Å². The minimum Gasteiger partial charge on any atom is -0.351 e. The molecule has 0 spiro atoms. The molecule has 2 rings (SSSR count). The minimum atomic E-state index is -0.278. The van der Waals surface area contributed by atoms with Crippen LogP contribution >= 0.6 is 22.9 Å². The molecule has 108 valence electrons. The topological polar surface area (TPSA) is 29.1 Å². The van der Waals surface area contributed by atoms with Crippen molar-refractivity contribution in [3.63, 3.8) is 0 Å². The van der Waals surface area contributed by atoms with E-state index in [4.69, 9.17) is 11.6 Å². The van der Waals surface area contributed by atoms with Crippen LogP contribution < -0.4 is 5.32 Å². The van der Waals surface area contributed by atoms with Gasteiger partial charge in [-0.3, -0.25) is 4.79 Å². The summed E-state index contributed by atoms with van der Waals surface area (Å²) in [7, 11) is 0. The van der Waals surface area contributed by atoms with E-state index in [2.05, 4.69) is 12.2 Å². The number of benzene rings is 1. The molecule has 0 bridgehead atoms. The van der Waals surface area contributed by atoms with Gasteiger partial charge in [-0.25, -0.2) is 4.39 Å². The Hall–Kier alpha value is -1.13. The number of alkyl halides is 1. The Morgan fingerprint density at radius 1 is 1.45 bits per heavy atom. The van der Waals surface area contributed by atoms with Gasteiger partial charge in [-0.15, -0.1) is 22.9 Å². The highest BCUT2D eigenvalue weighted by molar-refractivity contribution is 7.20. The lowest BCUT2D eigenvalue weighted by Gasteiger charge is -2.13. The molecule has 1 unspecified atom stereocenters. The predicted molar refractivity (Wildman–Crippen MR) is 83.2 cm³/mol. The van der Waals surface area contributed by atoms with Gasteiger partial charge in [0.2, 0.25) is 0 Å². The van der Waals surface area contributed by atoms with Crippen LogP contribution in [0.5, 0.6) is 0 Å². The summed E-state index contributed by atoms with van der Waals surface area (Å²) < 4.78 is 13.9. The number of fused-ring (bicyclic) bond motifs is 1. The third-order valence-electron chi connectivity index (χ3n) is 3.35. The van der Waals surface area contributed by atoms with Crippen molar-refractivity contribution in [2.24, 2.45) is 5.92 Å². The fraction of sp³-hybridized carbons (Fsp3) is 0.400. The van der Waals surface area contributed by atoms with Gasteiger partial charge in [0, 0.05) is 17.1 Å². The van der Waals surface area contributed by atoms with Crippen molar-refractivity contribution < 1.29 is 9.18 Å². The first-order chi connectivity index (χ1) is 9.63. The number of amides is 1. The van der Waals surface area contributed by atoms with E-state index in [9.17, 15) is 9.18 Å². The molecule has 2 nitrogen and oxygen atoms in total. The summed E-state index contributed by atoms with van der Waals surface area (Å²) in [6.07, 6.45) is 1.89. The molecule has 0 aliphatic carbocycles. The summed E-state index contributed by atoms with van der Waals surface area (Å²) in [5, 5.41) is 3.83. The Labute approximate surface area is 126 Å². The number of thiophene rings is 1. The van der Waals surface area contributed by atoms with Gasteiger partial charge in [-0.1, -0.05) is 19.4 Å². The van der Waals surface area contributed by atoms with Crippen molar-refractivity contribution in [2.75, 3.05) is 12.4 Å². The number of nitrogens with one attached hydrogen (secondary N) is 1. The molecule has 1 heterocycles. The van der Waals surface area contributed by atoms with Gasteiger partial charge < -0.3 is 5.32 Å². The second kappa shape index (κ2) is 7.04. The van der Waals surface area contributed by atoms with Crippen molar-refractivity contribution >= 4 is 38.9 Å².